The van der Waals surface area contributed by atoms with Gasteiger partial charge in [0.25, 0.3) is 5.91 Å². The van der Waals surface area contributed by atoms with Crippen LogP contribution in [0.3, 0.4) is 0 Å². The molecule has 0 aliphatic carbocycles. The largest absolute Gasteiger partial charge is 0.452 e. The number of likely N-dealkylation sites (N-methyl/N-ethyl adjacent to an activating group) is 1. The van der Waals surface area contributed by atoms with E-state index in [1.165, 1.54) is 26.0 Å². The molecule has 1 atom stereocenters. The van der Waals surface area contributed by atoms with Crippen LogP contribution in [0.15, 0.2) is 24.3 Å². The zero-order chi connectivity index (χ0) is 18.1. The summed E-state index contributed by atoms with van der Waals surface area (Å²) in [4.78, 5) is 45.9. The van der Waals surface area contributed by atoms with Crippen molar-refractivity contribution >= 4 is 29.4 Å². The number of benzene rings is 1. The Labute approximate surface area is 139 Å². The summed E-state index contributed by atoms with van der Waals surface area (Å²) in [6, 6.07) is 5.34. The Morgan fingerprint density at radius 1 is 1.12 bits per heavy atom. The molecule has 0 aliphatic heterocycles. The molecular formula is C16H21N3O5. The van der Waals surface area contributed by atoms with Gasteiger partial charge < -0.3 is 20.7 Å². The fourth-order valence-corrected chi connectivity index (χ4v) is 1.78. The average molecular weight is 335 g/mol. The molecule has 8 nitrogen and oxygen atoms in total. The van der Waals surface area contributed by atoms with Crippen molar-refractivity contribution in [3.63, 3.8) is 0 Å². The molecule has 0 fully saturated rings. The first-order valence-electron chi connectivity index (χ1n) is 7.45. The van der Waals surface area contributed by atoms with Crippen LogP contribution < -0.4 is 16.0 Å². The van der Waals surface area contributed by atoms with Crippen molar-refractivity contribution in [3.8, 4) is 0 Å². The fraction of sp³-hybridized carbons (Fsp3) is 0.375. The molecule has 0 saturated heterocycles. The molecule has 3 N–H and O–H groups in total. The highest BCUT2D eigenvalue weighted by Crippen LogP contribution is 2.10. The lowest BCUT2D eigenvalue weighted by atomic mass is 10.2. The summed E-state index contributed by atoms with van der Waals surface area (Å²) in [7, 11) is 0. The van der Waals surface area contributed by atoms with E-state index in [-0.39, 0.29) is 17.4 Å². The molecule has 1 aromatic rings. The number of hydrogen-bond acceptors (Lipinski definition) is 5. The molecule has 1 rings (SSSR count). The summed E-state index contributed by atoms with van der Waals surface area (Å²) in [5, 5.41) is 7.57. The van der Waals surface area contributed by atoms with Crippen molar-refractivity contribution in [1.82, 2.24) is 10.6 Å². The Balaban J connectivity index is 2.46. The first kappa shape index (κ1) is 19.1. The van der Waals surface area contributed by atoms with Crippen LogP contribution in [0.4, 0.5) is 5.69 Å². The summed E-state index contributed by atoms with van der Waals surface area (Å²) < 4.78 is 4.88. The number of nitrogens with one attached hydrogen (secondary N) is 3. The third-order valence-electron chi connectivity index (χ3n) is 2.90. The van der Waals surface area contributed by atoms with Gasteiger partial charge in [0.05, 0.1) is 5.56 Å². The summed E-state index contributed by atoms with van der Waals surface area (Å²) in [6.07, 6.45) is 0. The number of carbonyl (C=O) groups is 4. The monoisotopic (exact) mass is 335 g/mol. The number of esters is 1. The van der Waals surface area contributed by atoms with Crippen LogP contribution in [0.25, 0.3) is 0 Å². The quantitative estimate of drug-likeness (QED) is 0.626. The van der Waals surface area contributed by atoms with E-state index in [1.54, 1.807) is 19.1 Å². The van der Waals surface area contributed by atoms with E-state index < -0.39 is 24.5 Å². The summed E-state index contributed by atoms with van der Waals surface area (Å²) >= 11 is 0. The van der Waals surface area contributed by atoms with E-state index in [0.29, 0.717) is 12.2 Å². The molecule has 0 aromatic heterocycles. The van der Waals surface area contributed by atoms with Crippen molar-refractivity contribution in [2.45, 2.75) is 26.8 Å². The molecular weight excluding hydrogens is 314 g/mol. The summed E-state index contributed by atoms with van der Waals surface area (Å²) in [6.45, 7) is 4.65. The van der Waals surface area contributed by atoms with E-state index in [0.717, 1.165) is 0 Å². The highest BCUT2D eigenvalue weighted by atomic mass is 16.5. The van der Waals surface area contributed by atoms with Crippen LogP contribution >= 0.6 is 0 Å². The van der Waals surface area contributed by atoms with Gasteiger partial charge in [0.15, 0.2) is 6.61 Å². The van der Waals surface area contributed by atoms with Crippen molar-refractivity contribution in [2.75, 3.05) is 18.5 Å². The van der Waals surface area contributed by atoms with Crippen LogP contribution in [-0.2, 0) is 19.1 Å². The molecule has 0 heterocycles. The van der Waals surface area contributed by atoms with Gasteiger partial charge in [-0.2, -0.15) is 0 Å². The minimum absolute atomic E-state index is 0.219. The van der Waals surface area contributed by atoms with E-state index in [2.05, 4.69) is 16.0 Å². The zero-order valence-electron chi connectivity index (χ0n) is 13.8. The Morgan fingerprint density at radius 2 is 1.75 bits per heavy atom. The first-order chi connectivity index (χ1) is 11.3. The molecule has 0 saturated carbocycles. The Hall–Kier alpha value is -2.90. The number of carbonyl (C=O) groups excluding carboxylic acids is 4. The maximum absolute atomic E-state index is 11.8. The molecule has 24 heavy (non-hydrogen) atoms. The number of amides is 3. The predicted octanol–water partition coefficient (Wildman–Crippen LogP) is 0.443. The second-order valence-corrected chi connectivity index (χ2v) is 5.02. The van der Waals surface area contributed by atoms with Gasteiger partial charge in [-0.05, 0) is 38.1 Å². The predicted molar refractivity (Wildman–Crippen MR) is 87.3 cm³/mol. The van der Waals surface area contributed by atoms with E-state index in [1.807, 2.05) is 0 Å². The van der Waals surface area contributed by atoms with E-state index >= 15 is 0 Å². The minimum Gasteiger partial charge on any atom is -0.452 e. The average Bonchev–Trinajstić information content (AvgIpc) is 2.53. The molecule has 1 aromatic carbocycles. The van der Waals surface area contributed by atoms with Crippen molar-refractivity contribution < 1.29 is 23.9 Å². The topological polar surface area (TPSA) is 114 Å². The Morgan fingerprint density at radius 3 is 2.29 bits per heavy atom. The Bertz CT molecular complexity index is 613. The van der Waals surface area contributed by atoms with Crippen molar-refractivity contribution in [2.24, 2.45) is 0 Å². The van der Waals surface area contributed by atoms with E-state index in [4.69, 9.17) is 4.74 Å². The van der Waals surface area contributed by atoms with Gasteiger partial charge >= 0.3 is 5.97 Å². The molecule has 0 aliphatic rings. The maximum atomic E-state index is 11.8. The highest BCUT2D eigenvalue weighted by molar-refractivity contribution is 5.94. The second-order valence-electron chi connectivity index (χ2n) is 5.02. The normalized spacial score (nSPS) is 11.1. The number of anilines is 1. The van der Waals surface area contributed by atoms with Gasteiger partial charge in [-0.15, -0.1) is 0 Å². The van der Waals surface area contributed by atoms with Gasteiger partial charge in [0, 0.05) is 19.2 Å². The first-order valence-corrected chi connectivity index (χ1v) is 7.45. The minimum atomic E-state index is -0.715. The molecule has 0 radical (unpaired) electrons. The lowest BCUT2D eigenvalue weighted by molar-refractivity contribution is -0.130. The molecule has 0 bridgehead atoms. The van der Waals surface area contributed by atoms with Crippen molar-refractivity contribution in [3.05, 3.63) is 29.8 Å². The third-order valence-corrected chi connectivity index (χ3v) is 2.90. The maximum Gasteiger partial charge on any atom is 0.338 e. The standard InChI is InChI=1S/C16H21N3O5/c1-4-17-15(22)10(2)18-14(21)9-24-16(23)12-5-7-13(8-6-12)19-11(3)20/h5-8,10H,4,9H2,1-3H3,(H,17,22)(H,18,21)(H,19,20)/t10-/m1/s1. The molecule has 8 heteroatoms. The Kier molecular flexibility index (Phi) is 7.41. The van der Waals surface area contributed by atoms with E-state index in [9.17, 15) is 19.2 Å². The van der Waals surface area contributed by atoms with Gasteiger partial charge in [-0.3, -0.25) is 14.4 Å². The lowest BCUT2D eigenvalue weighted by Gasteiger charge is -2.13. The highest BCUT2D eigenvalue weighted by Gasteiger charge is 2.16. The molecule has 3 amide bonds. The van der Waals surface area contributed by atoms with Gasteiger partial charge in [-0.25, -0.2) is 4.79 Å². The SMILES string of the molecule is CCNC(=O)[C@@H](C)NC(=O)COC(=O)c1ccc(NC(C)=O)cc1. The molecule has 0 unspecified atom stereocenters. The number of ether oxygens (including phenoxy) is 1. The summed E-state index contributed by atoms with van der Waals surface area (Å²) in [5.74, 6) is -1.78. The lowest BCUT2D eigenvalue weighted by Crippen LogP contribution is -2.46. The zero-order valence-corrected chi connectivity index (χ0v) is 13.8. The third kappa shape index (κ3) is 6.47. The number of rotatable bonds is 7. The van der Waals surface area contributed by atoms with Crippen LogP contribution in [0.1, 0.15) is 31.1 Å². The van der Waals surface area contributed by atoms with Crippen LogP contribution in [0, 0.1) is 0 Å². The summed E-state index contributed by atoms with van der Waals surface area (Å²) in [5.41, 5.74) is 0.793. The van der Waals surface area contributed by atoms with Crippen molar-refractivity contribution in [1.29, 1.82) is 0 Å². The fourth-order valence-electron chi connectivity index (χ4n) is 1.78. The molecule has 130 valence electrons. The number of hydrogen-bond donors (Lipinski definition) is 3. The van der Waals surface area contributed by atoms with Gasteiger partial charge in [-0.1, -0.05) is 0 Å². The van der Waals surface area contributed by atoms with Crippen LogP contribution in [-0.4, -0.2) is 42.9 Å². The molecule has 0 spiro atoms. The van der Waals surface area contributed by atoms with Crippen LogP contribution in [0.5, 0.6) is 0 Å². The second kappa shape index (κ2) is 9.29. The smallest absolute Gasteiger partial charge is 0.338 e. The van der Waals surface area contributed by atoms with Crippen LogP contribution in [0.2, 0.25) is 0 Å². The van der Waals surface area contributed by atoms with Gasteiger partial charge in [0.2, 0.25) is 11.8 Å². The van der Waals surface area contributed by atoms with Gasteiger partial charge in [0.1, 0.15) is 6.04 Å².